The number of nitrogens with one attached hydrogen (secondary N) is 1. The van der Waals surface area contributed by atoms with Crippen LogP contribution in [0.15, 0.2) is 77.7 Å². The van der Waals surface area contributed by atoms with Crippen LogP contribution >= 0.6 is 0 Å². The maximum Gasteiger partial charge on any atom is 0.243 e. The zero-order valence-electron chi connectivity index (χ0n) is 16.9. The molecule has 0 radical (unpaired) electrons. The van der Waals surface area contributed by atoms with E-state index in [1.165, 1.54) is 4.31 Å². The van der Waals surface area contributed by atoms with Crippen LogP contribution in [0.25, 0.3) is 10.8 Å². The summed E-state index contributed by atoms with van der Waals surface area (Å²) in [7, 11) is -3.57. The number of sulfonamides is 1. The molecule has 7 heteroatoms. The summed E-state index contributed by atoms with van der Waals surface area (Å²) in [4.78, 5) is 14.9. The minimum Gasteiger partial charge on any atom is -0.325 e. The van der Waals surface area contributed by atoms with Crippen molar-refractivity contribution in [2.45, 2.75) is 17.9 Å². The Kier molecular flexibility index (Phi) is 5.85. The van der Waals surface area contributed by atoms with E-state index in [2.05, 4.69) is 5.32 Å². The summed E-state index contributed by atoms with van der Waals surface area (Å²) in [5.41, 5.74) is 0.756. The fourth-order valence-corrected chi connectivity index (χ4v) is 5.20. The van der Waals surface area contributed by atoms with Crippen LogP contribution in [-0.2, 0) is 14.8 Å². The fraction of sp³-hybridized carbons (Fsp3) is 0.261. The van der Waals surface area contributed by atoms with Gasteiger partial charge in [-0.2, -0.15) is 4.31 Å². The van der Waals surface area contributed by atoms with Gasteiger partial charge in [0.25, 0.3) is 0 Å². The van der Waals surface area contributed by atoms with Crippen molar-refractivity contribution < 1.29 is 13.2 Å². The Labute approximate surface area is 177 Å². The molecule has 0 bridgehead atoms. The normalized spacial score (nSPS) is 17.0. The molecule has 0 unspecified atom stereocenters. The third-order valence-corrected chi connectivity index (χ3v) is 7.50. The van der Waals surface area contributed by atoms with Crippen molar-refractivity contribution in [1.82, 2.24) is 9.21 Å². The monoisotopic (exact) mass is 423 g/mol. The summed E-state index contributed by atoms with van der Waals surface area (Å²) < 4.78 is 27.7. The van der Waals surface area contributed by atoms with E-state index in [4.69, 9.17) is 0 Å². The van der Waals surface area contributed by atoms with E-state index in [-0.39, 0.29) is 11.9 Å². The van der Waals surface area contributed by atoms with Gasteiger partial charge >= 0.3 is 0 Å². The molecule has 1 fully saturated rings. The van der Waals surface area contributed by atoms with Crippen molar-refractivity contribution in [2.75, 3.05) is 31.5 Å². The smallest absolute Gasteiger partial charge is 0.243 e. The molecule has 0 saturated carbocycles. The highest BCUT2D eigenvalue weighted by Gasteiger charge is 2.31. The van der Waals surface area contributed by atoms with Crippen LogP contribution in [0.1, 0.15) is 6.92 Å². The van der Waals surface area contributed by atoms with Gasteiger partial charge in [0, 0.05) is 31.9 Å². The second-order valence-electron chi connectivity index (χ2n) is 7.48. The zero-order chi connectivity index (χ0) is 21.1. The Morgan fingerprint density at radius 1 is 0.867 bits per heavy atom. The summed E-state index contributed by atoms with van der Waals surface area (Å²) in [5, 5.41) is 4.83. The minimum absolute atomic E-state index is 0.0907. The molecule has 1 saturated heterocycles. The summed E-state index contributed by atoms with van der Waals surface area (Å²) >= 11 is 0. The Bertz CT molecular complexity index is 1140. The number of piperazine rings is 1. The van der Waals surface area contributed by atoms with Crippen LogP contribution in [0.5, 0.6) is 0 Å². The quantitative estimate of drug-likeness (QED) is 0.684. The third-order valence-electron chi connectivity index (χ3n) is 5.60. The van der Waals surface area contributed by atoms with E-state index in [0.717, 1.165) is 16.5 Å². The number of carbonyl (C=O) groups is 1. The molecular formula is C23H25N3O3S. The molecular weight excluding hydrogens is 398 g/mol. The Balaban J connectivity index is 1.41. The van der Waals surface area contributed by atoms with Crippen molar-refractivity contribution in [3.8, 4) is 0 Å². The topological polar surface area (TPSA) is 69.7 Å². The van der Waals surface area contributed by atoms with Crippen molar-refractivity contribution in [2.24, 2.45) is 0 Å². The number of carbonyl (C=O) groups excluding carboxylic acids is 1. The summed E-state index contributed by atoms with van der Waals surface area (Å²) in [5.74, 6) is -0.0907. The van der Waals surface area contributed by atoms with Gasteiger partial charge in [-0.1, -0.05) is 48.5 Å². The molecule has 156 valence electrons. The van der Waals surface area contributed by atoms with Gasteiger partial charge in [-0.15, -0.1) is 0 Å². The Morgan fingerprint density at radius 2 is 1.50 bits per heavy atom. The lowest BCUT2D eigenvalue weighted by Crippen LogP contribution is -2.53. The predicted molar refractivity (Wildman–Crippen MR) is 119 cm³/mol. The van der Waals surface area contributed by atoms with Crippen LogP contribution in [0.2, 0.25) is 0 Å². The molecule has 30 heavy (non-hydrogen) atoms. The van der Waals surface area contributed by atoms with E-state index >= 15 is 0 Å². The number of amides is 1. The lowest BCUT2D eigenvalue weighted by atomic mass is 10.1. The molecule has 3 aromatic carbocycles. The molecule has 1 atom stereocenters. The second-order valence-corrected chi connectivity index (χ2v) is 9.42. The van der Waals surface area contributed by atoms with Gasteiger partial charge in [0.1, 0.15) is 0 Å². The van der Waals surface area contributed by atoms with E-state index in [1.54, 1.807) is 12.1 Å². The van der Waals surface area contributed by atoms with Gasteiger partial charge in [-0.25, -0.2) is 8.42 Å². The highest BCUT2D eigenvalue weighted by molar-refractivity contribution is 7.89. The van der Waals surface area contributed by atoms with Crippen molar-refractivity contribution in [3.63, 3.8) is 0 Å². The molecule has 1 N–H and O–H groups in total. The summed E-state index contributed by atoms with van der Waals surface area (Å²) in [6.07, 6.45) is 0. The lowest BCUT2D eigenvalue weighted by Gasteiger charge is -2.36. The van der Waals surface area contributed by atoms with Crippen molar-refractivity contribution in [1.29, 1.82) is 0 Å². The number of hydrogen-bond acceptors (Lipinski definition) is 4. The van der Waals surface area contributed by atoms with Gasteiger partial charge in [0.2, 0.25) is 15.9 Å². The van der Waals surface area contributed by atoms with Crippen molar-refractivity contribution >= 4 is 32.4 Å². The zero-order valence-corrected chi connectivity index (χ0v) is 17.7. The van der Waals surface area contributed by atoms with Gasteiger partial charge in [0.05, 0.1) is 10.9 Å². The number of nitrogens with zero attached hydrogens (tertiary/aromatic N) is 2. The first-order valence-corrected chi connectivity index (χ1v) is 11.5. The highest BCUT2D eigenvalue weighted by atomic mass is 32.2. The van der Waals surface area contributed by atoms with Gasteiger partial charge in [-0.05, 0) is 42.0 Å². The molecule has 1 aliphatic heterocycles. The van der Waals surface area contributed by atoms with Gasteiger partial charge < -0.3 is 5.32 Å². The average Bonchev–Trinajstić information content (AvgIpc) is 2.79. The minimum atomic E-state index is -3.57. The summed E-state index contributed by atoms with van der Waals surface area (Å²) in [6, 6.07) is 22.0. The van der Waals surface area contributed by atoms with Crippen LogP contribution < -0.4 is 5.32 Å². The van der Waals surface area contributed by atoms with Crippen molar-refractivity contribution in [3.05, 3.63) is 72.8 Å². The number of para-hydroxylation sites is 1. The standard InChI is InChI=1S/C23H25N3O3S/c1-18(23(27)24-21-9-3-2-4-10-21)25-13-15-26(16-14-25)30(28,29)22-12-11-19-7-5-6-8-20(19)17-22/h2-12,17-18H,13-16H2,1H3,(H,24,27)/t18-/m1/s1. The first-order valence-electron chi connectivity index (χ1n) is 10.0. The molecule has 3 aromatic rings. The molecule has 4 rings (SSSR count). The fourth-order valence-electron chi connectivity index (χ4n) is 3.74. The summed E-state index contributed by atoms with van der Waals surface area (Å²) in [6.45, 7) is 3.59. The third kappa shape index (κ3) is 4.23. The molecule has 1 heterocycles. The molecule has 0 spiro atoms. The Hall–Kier alpha value is -2.74. The molecule has 1 amide bonds. The number of benzene rings is 3. The maximum absolute atomic E-state index is 13.1. The maximum atomic E-state index is 13.1. The SMILES string of the molecule is C[C@H](C(=O)Nc1ccccc1)N1CCN(S(=O)(=O)c2ccc3ccccc3c2)CC1. The molecule has 0 aliphatic carbocycles. The Morgan fingerprint density at radius 3 is 2.20 bits per heavy atom. The largest absolute Gasteiger partial charge is 0.325 e. The number of rotatable bonds is 5. The highest BCUT2D eigenvalue weighted by Crippen LogP contribution is 2.23. The van der Waals surface area contributed by atoms with Crippen LogP contribution in [0, 0.1) is 0 Å². The lowest BCUT2D eigenvalue weighted by molar-refractivity contribution is -0.121. The number of anilines is 1. The molecule has 1 aliphatic rings. The molecule has 6 nitrogen and oxygen atoms in total. The second kappa shape index (κ2) is 8.55. The predicted octanol–water partition coefficient (Wildman–Crippen LogP) is 3.17. The number of fused-ring (bicyclic) bond motifs is 1. The van der Waals surface area contributed by atoms with E-state index in [9.17, 15) is 13.2 Å². The van der Waals surface area contributed by atoms with Crippen LogP contribution in [0.3, 0.4) is 0 Å². The van der Waals surface area contributed by atoms with Gasteiger partial charge in [0.15, 0.2) is 0 Å². The van der Waals surface area contributed by atoms with Crippen LogP contribution in [-0.4, -0.2) is 55.8 Å². The average molecular weight is 424 g/mol. The van der Waals surface area contributed by atoms with E-state index in [0.29, 0.717) is 31.1 Å². The first-order chi connectivity index (χ1) is 14.4. The van der Waals surface area contributed by atoms with Crippen LogP contribution in [0.4, 0.5) is 5.69 Å². The number of hydrogen-bond donors (Lipinski definition) is 1. The van der Waals surface area contributed by atoms with E-state index in [1.807, 2.05) is 72.5 Å². The first kappa shape index (κ1) is 20.5. The molecule has 0 aromatic heterocycles. The van der Waals surface area contributed by atoms with Gasteiger partial charge in [-0.3, -0.25) is 9.69 Å². The van der Waals surface area contributed by atoms with E-state index < -0.39 is 10.0 Å².